The number of hydrogen-bond donors (Lipinski definition) is 3. The van der Waals surface area contributed by atoms with Crippen LogP contribution in [0.1, 0.15) is 70.6 Å². The van der Waals surface area contributed by atoms with Crippen LogP contribution in [0.2, 0.25) is 0 Å². The molecule has 0 aromatic carbocycles. The van der Waals surface area contributed by atoms with Gasteiger partial charge in [0.25, 0.3) is 0 Å². The molecule has 176 valence electrons. The summed E-state index contributed by atoms with van der Waals surface area (Å²) in [7, 11) is 0. The van der Waals surface area contributed by atoms with Gasteiger partial charge in [-0.05, 0) is 139 Å². The van der Waals surface area contributed by atoms with E-state index >= 15 is 0 Å². The van der Waals surface area contributed by atoms with Crippen LogP contribution in [0.5, 0.6) is 0 Å². The normalized spacial score (nSPS) is 40.1. The number of rotatable bonds is 6. The van der Waals surface area contributed by atoms with Gasteiger partial charge in [0.15, 0.2) is 0 Å². The Morgan fingerprint density at radius 1 is 0.742 bits per heavy atom. The molecule has 3 aliphatic heterocycles. The molecule has 0 aromatic heterocycles. The Morgan fingerprint density at radius 2 is 1.45 bits per heavy atom. The third-order valence-corrected chi connectivity index (χ3v) is 9.72. The molecule has 0 radical (unpaired) electrons. The van der Waals surface area contributed by atoms with Crippen molar-refractivity contribution in [3.05, 3.63) is 0 Å². The smallest absolute Gasteiger partial charge is 0.223 e. The Bertz CT molecular complexity index is 584. The molecule has 3 N–H and O–H groups in total. The van der Waals surface area contributed by atoms with Crippen LogP contribution >= 0.6 is 0 Å². The first-order valence-electron chi connectivity index (χ1n) is 13.7. The van der Waals surface area contributed by atoms with Crippen molar-refractivity contribution < 1.29 is 4.79 Å². The summed E-state index contributed by atoms with van der Waals surface area (Å²) in [6.07, 6.45) is 14.1. The summed E-state index contributed by atoms with van der Waals surface area (Å²) in [6.45, 7) is 8.30. The second kappa shape index (κ2) is 10.5. The van der Waals surface area contributed by atoms with Crippen LogP contribution in [-0.2, 0) is 4.79 Å². The molecule has 3 saturated heterocycles. The minimum Gasteiger partial charge on any atom is -0.339 e. The molecule has 3 heterocycles. The van der Waals surface area contributed by atoms with Crippen LogP contribution in [0.15, 0.2) is 0 Å². The van der Waals surface area contributed by atoms with Crippen LogP contribution in [-0.4, -0.2) is 62.7 Å². The highest BCUT2D eigenvalue weighted by Crippen LogP contribution is 2.41. The molecule has 0 aromatic rings. The van der Waals surface area contributed by atoms with Crippen molar-refractivity contribution in [2.75, 3.05) is 45.8 Å². The Morgan fingerprint density at radius 3 is 2.26 bits per heavy atom. The zero-order valence-electron chi connectivity index (χ0n) is 19.6. The van der Waals surface area contributed by atoms with Gasteiger partial charge in [-0.1, -0.05) is 0 Å². The molecule has 5 rings (SSSR count). The summed E-state index contributed by atoms with van der Waals surface area (Å²) in [5.41, 5.74) is 0. The molecule has 5 heteroatoms. The number of amides is 1. The maximum atomic E-state index is 12.9. The first kappa shape index (κ1) is 22.2. The van der Waals surface area contributed by atoms with E-state index in [1.807, 2.05) is 0 Å². The van der Waals surface area contributed by atoms with Gasteiger partial charge in [-0.2, -0.15) is 0 Å². The molecule has 2 saturated carbocycles. The minimum atomic E-state index is 0.480. The van der Waals surface area contributed by atoms with E-state index in [1.165, 1.54) is 103 Å². The van der Waals surface area contributed by atoms with E-state index in [0.29, 0.717) is 17.9 Å². The summed E-state index contributed by atoms with van der Waals surface area (Å²) in [6, 6.07) is 0.548. The maximum absolute atomic E-state index is 12.9. The van der Waals surface area contributed by atoms with Crippen molar-refractivity contribution in [2.45, 2.75) is 76.7 Å². The van der Waals surface area contributed by atoms with Gasteiger partial charge in [-0.15, -0.1) is 0 Å². The SMILES string of the molecule is O=C1CC(C2CCC(CNCC3CCNCC3)CC2)CN1C1CCC2CNCCC2C1. The summed E-state index contributed by atoms with van der Waals surface area (Å²) in [5.74, 6) is 5.39. The Labute approximate surface area is 189 Å². The van der Waals surface area contributed by atoms with E-state index in [2.05, 4.69) is 20.9 Å². The van der Waals surface area contributed by atoms with Crippen molar-refractivity contribution in [3.8, 4) is 0 Å². The fourth-order valence-electron chi connectivity index (χ4n) is 7.65. The van der Waals surface area contributed by atoms with Crippen molar-refractivity contribution in [1.29, 1.82) is 0 Å². The fraction of sp³-hybridized carbons (Fsp3) is 0.962. The molecular weight excluding hydrogens is 384 g/mol. The Hall–Kier alpha value is -0.650. The zero-order chi connectivity index (χ0) is 21.0. The van der Waals surface area contributed by atoms with E-state index < -0.39 is 0 Å². The second-order valence-electron chi connectivity index (χ2n) is 11.6. The average molecular weight is 431 g/mol. The Kier molecular flexibility index (Phi) is 7.52. The summed E-state index contributed by atoms with van der Waals surface area (Å²) < 4.78 is 0. The van der Waals surface area contributed by atoms with Gasteiger partial charge in [-0.25, -0.2) is 0 Å². The van der Waals surface area contributed by atoms with Crippen molar-refractivity contribution >= 4 is 5.91 Å². The summed E-state index contributed by atoms with van der Waals surface area (Å²) in [5, 5.41) is 10.8. The minimum absolute atomic E-state index is 0.480. The molecule has 0 bridgehead atoms. The molecular formula is C26H46N4O. The lowest BCUT2D eigenvalue weighted by atomic mass is 9.73. The highest BCUT2D eigenvalue weighted by Gasteiger charge is 2.42. The van der Waals surface area contributed by atoms with E-state index in [0.717, 1.165) is 42.6 Å². The number of nitrogens with zero attached hydrogens (tertiary/aromatic N) is 1. The van der Waals surface area contributed by atoms with Crippen LogP contribution in [0.4, 0.5) is 0 Å². The summed E-state index contributed by atoms with van der Waals surface area (Å²) >= 11 is 0. The van der Waals surface area contributed by atoms with Gasteiger partial charge in [0.2, 0.25) is 5.91 Å². The lowest BCUT2D eigenvalue weighted by molar-refractivity contribution is -0.130. The van der Waals surface area contributed by atoms with Crippen LogP contribution < -0.4 is 16.0 Å². The third-order valence-electron chi connectivity index (χ3n) is 9.72. The maximum Gasteiger partial charge on any atom is 0.223 e. The van der Waals surface area contributed by atoms with E-state index in [9.17, 15) is 4.79 Å². The monoisotopic (exact) mass is 430 g/mol. The second-order valence-corrected chi connectivity index (χ2v) is 11.6. The van der Waals surface area contributed by atoms with E-state index in [4.69, 9.17) is 0 Å². The molecule has 31 heavy (non-hydrogen) atoms. The molecule has 2 aliphatic carbocycles. The first-order valence-corrected chi connectivity index (χ1v) is 13.7. The lowest BCUT2D eigenvalue weighted by Crippen LogP contribution is -2.47. The molecule has 5 nitrogen and oxygen atoms in total. The molecule has 5 aliphatic rings. The van der Waals surface area contributed by atoms with E-state index in [-0.39, 0.29) is 0 Å². The van der Waals surface area contributed by atoms with Crippen LogP contribution in [0, 0.1) is 35.5 Å². The number of piperidine rings is 2. The highest BCUT2D eigenvalue weighted by molar-refractivity contribution is 5.79. The number of carbonyl (C=O) groups excluding carboxylic acids is 1. The largest absolute Gasteiger partial charge is 0.339 e. The van der Waals surface area contributed by atoms with Gasteiger partial charge in [0.1, 0.15) is 0 Å². The standard InChI is InChI=1S/C26H46N4O/c31-26-14-24(18-30(26)25-6-5-23-17-28-12-9-22(23)13-25)21-3-1-19(2-4-21)15-29-16-20-7-10-27-11-8-20/h19-25,27-29H,1-18H2. The molecule has 0 spiro atoms. The fourth-order valence-corrected chi connectivity index (χ4v) is 7.65. The van der Waals surface area contributed by atoms with Crippen molar-refractivity contribution in [2.24, 2.45) is 35.5 Å². The summed E-state index contributed by atoms with van der Waals surface area (Å²) in [4.78, 5) is 15.3. The third kappa shape index (κ3) is 5.47. The van der Waals surface area contributed by atoms with Crippen molar-refractivity contribution in [3.63, 3.8) is 0 Å². The quantitative estimate of drug-likeness (QED) is 0.606. The zero-order valence-corrected chi connectivity index (χ0v) is 19.6. The molecule has 1 amide bonds. The number of nitrogens with one attached hydrogen (secondary N) is 3. The van der Waals surface area contributed by atoms with Crippen molar-refractivity contribution in [1.82, 2.24) is 20.9 Å². The Balaban J connectivity index is 1.03. The lowest BCUT2D eigenvalue weighted by Gasteiger charge is -2.42. The predicted molar refractivity (Wildman–Crippen MR) is 126 cm³/mol. The van der Waals surface area contributed by atoms with Crippen LogP contribution in [0.3, 0.4) is 0 Å². The molecule has 4 unspecified atom stereocenters. The van der Waals surface area contributed by atoms with Crippen LogP contribution in [0.25, 0.3) is 0 Å². The predicted octanol–water partition coefficient (Wildman–Crippen LogP) is 3.01. The number of fused-ring (bicyclic) bond motifs is 1. The number of hydrogen-bond acceptors (Lipinski definition) is 4. The highest BCUT2D eigenvalue weighted by atomic mass is 16.2. The van der Waals surface area contributed by atoms with Gasteiger partial charge < -0.3 is 20.9 Å². The topological polar surface area (TPSA) is 56.4 Å². The van der Waals surface area contributed by atoms with Gasteiger partial charge >= 0.3 is 0 Å². The number of carbonyl (C=O) groups is 1. The average Bonchev–Trinajstić information content (AvgIpc) is 3.21. The molecule has 5 fully saturated rings. The van der Waals surface area contributed by atoms with Gasteiger partial charge in [0, 0.05) is 19.0 Å². The first-order chi connectivity index (χ1) is 15.3. The van der Waals surface area contributed by atoms with Gasteiger partial charge in [0.05, 0.1) is 0 Å². The van der Waals surface area contributed by atoms with E-state index in [1.54, 1.807) is 0 Å². The number of likely N-dealkylation sites (tertiary alicyclic amines) is 1. The molecule has 4 atom stereocenters. The van der Waals surface area contributed by atoms with Gasteiger partial charge in [-0.3, -0.25) is 4.79 Å².